The Balaban J connectivity index is 1.44. The Hall–Kier alpha value is -2.37. The average molecular weight is 495 g/mol. The molecule has 0 aliphatic carbocycles. The van der Waals surface area contributed by atoms with E-state index in [9.17, 15) is 18.0 Å². The molecule has 0 radical (unpaired) electrons. The second-order valence-corrected chi connectivity index (χ2v) is 11.3. The Kier molecular flexibility index (Phi) is 7.34. The molecule has 0 unspecified atom stereocenters. The number of hydrogen-bond donors (Lipinski definition) is 1. The van der Waals surface area contributed by atoms with Crippen LogP contribution in [0.25, 0.3) is 0 Å². The normalized spacial score (nSPS) is 26.1. The molecule has 2 saturated heterocycles. The molecule has 3 heterocycles. The lowest BCUT2D eigenvalue weighted by Gasteiger charge is -2.42. The van der Waals surface area contributed by atoms with Crippen LogP contribution in [0, 0.1) is 0 Å². The molecule has 0 saturated carbocycles. The number of anilines is 1. The van der Waals surface area contributed by atoms with Crippen molar-refractivity contribution in [2.24, 2.45) is 0 Å². The molecular formula is C23H34N4O6S. The van der Waals surface area contributed by atoms with Gasteiger partial charge in [-0.15, -0.1) is 0 Å². The number of likely N-dealkylation sites (N-methyl/N-ethyl adjacent to an activating group) is 2. The molecule has 3 aliphatic heterocycles. The number of sulfonamides is 1. The number of carbonyl (C=O) groups is 2. The highest BCUT2D eigenvalue weighted by atomic mass is 32.2. The van der Waals surface area contributed by atoms with E-state index < -0.39 is 10.0 Å². The number of hydrogen-bond acceptors (Lipinski definition) is 7. The third-order valence-corrected chi connectivity index (χ3v) is 8.23. The highest BCUT2D eigenvalue weighted by Crippen LogP contribution is 2.33. The van der Waals surface area contributed by atoms with Crippen molar-refractivity contribution >= 4 is 27.5 Å². The number of piperazine rings is 1. The van der Waals surface area contributed by atoms with Crippen LogP contribution in [0.15, 0.2) is 18.2 Å². The van der Waals surface area contributed by atoms with Crippen molar-refractivity contribution in [3.63, 3.8) is 0 Å². The van der Waals surface area contributed by atoms with Gasteiger partial charge in [0.15, 0.2) is 0 Å². The molecular weight excluding hydrogens is 460 g/mol. The Morgan fingerprint density at radius 3 is 2.59 bits per heavy atom. The van der Waals surface area contributed by atoms with Crippen LogP contribution in [0.5, 0.6) is 5.75 Å². The first-order chi connectivity index (χ1) is 16.2. The lowest BCUT2D eigenvalue weighted by molar-refractivity contribution is -0.144. The van der Waals surface area contributed by atoms with Crippen molar-refractivity contribution in [2.45, 2.75) is 44.4 Å². The first-order valence-corrected chi connectivity index (χ1v) is 13.5. The molecule has 11 heteroatoms. The molecule has 4 rings (SSSR count). The minimum atomic E-state index is -3.46. The molecule has 1 aromatic carbocycles. The summed E-state index contributed by atoms with van der Waals surface area (Å²) >= 11 is 0. The number of rotatable bonds is 5. The Morgan fingerprint density at radius 1 is 1.15 bits per heavy atom. The summed E-state index contributed by atoms with van der Waals surface area (Å²) in [5, 5.41) is 0. The molecule has 2 fully saturated rings. The van der Waals surface area contributed by atoms with Crippen LogP contribution in [0.3, 0.4) is 0 Å². The van der Waals surface area contributed by atoms with Gasteiger partial charge in [-0.3, -0.25) is 14.3 Å². The number of nitrogens with one attached hydrogen (secondary N) is 1. The fourth-order valence-corrected chi connectivity index (χ4v) is 5.35. The van der Waals surface area contributed by atoms with E-state index in [-0.39, 0.29) is 42.4 Å². The third-order valence-electron chi connectivity index (χ3n) is 6.92. The number of carbonyl (C=O) groups excluding carboxylic acids is 2. The number of fused-ring (bicyclic) bond motifs is 2. The van der Waals surface area contributed by atoms with Gasteiger partial charge in [0, 0.05) is 38.9 Å². The van der Waals surface area contributed by atoms with E-state index in [1.807, 2.05) is 4.90 Å². The van der Waals surface area contributed by atoms with Crippen molar-refractivity contribution in [3.8, 4) is 5.75 Å². The van der Waals surface area contributed by atoms with E-state index in [0.717, 1.165) is 26.2 Å². The molecule has 0 aromatic heterocycles. The highest BCUT2D eigenvalue weighted by molar-refractivity contribution is 7.92. The molecule has 0 bridgehead atoms. The highest BCUT2D eigenvalue weighted by Gasteiger charge is 2.39. The quantitative estimate of drug-likeness (QED) is 0.650. The summed E-state index contributed by atoms with van der Waals surface area (Å²) < 4.78 is 38.6. The standard InChI is InChI=1S/C23H34N4O6S/c1-4-34(30,31)24-16-5-8-20-18(13-16)23(29)26(3)19-7-6-17(33-21(19)15-32-20)14-22(28)27-11-9-25(2)10-12-27/h5,8,13,17,19,21,24H,4,6-7,9-12,14-15H2,1-3H3/t17-,19+,21-/m1/s1. The predicted molar refractivity (Wildman–Crippen MR) is 127 cm³/mol. The first kappa shape index (κ1) is 24.7. The van der Waals surface area contributed by atoms with Gasteiger partial charge in [0.1, 0.15) is 18.5 Å². The van der Waals surface area contributed by atoms with Gasteiger partial charge in [0.05, 0.1) is 29.9 Å². The van der Waals surface area contributed by atoms with Crippen molar-refractivity contribution in [2.75, 3.05) is 57.4 Å². The fourth-order valence-electron chi connectivity index (χ4n) is 4.72. The zero-order valence-corrected chi connectivity index (χ0v) is 20.8. The monoisotopic (exact) mass is 494 g/mol. The van der Waals surface area contributed by atoms with Crippen LogP contribution in [0.2, 0.25) is 0 Å². The van der Waals surface area contributed by atoms with E-state index in [1.165, 1.54) is 6.07 Å². The smallest absolute Gasteiger partial charge is 0.257 e. The van der Waals surface area contributed by atoms with Gasteiger partial charge < -0.3 is 24.2 Å². The van der Waals surface area contributed by atoms with E-state index in [1.54, 1.807) is 31.0 Å². The molecule has 10 nitrogen and oxygen atoms in total. The molecule has 188 valence electrons. The van der Waals surface area contributed by atoms with Gasteiger partial charge in [-0.2, -0.15) is 0 Å². The molecule has 0 spiro atoms. The van der Waals surface area contributed by atoms with Crippen LogP contribution in [-0.2, 0) is 19.6 Å². The summed E-state index contributed by atoms with van der Waals surface area (Å²) in [5.41, 5.74) is 0.634. The van der Waals surface area contributed by atoms with E-state index >= 15 is 0 Å². The number of amides is 2. The Labute approximate surface area is 201 Å². The van der Waals surface area contributed by atoms with Crippen molar-refractivity contribution in [1.82, 2.24) is 14.7 Å². The average Bonchev–Trinajstić information content (AvgIpc) is 2.82. The fraction of sp³-hybridized carbons (Fsp3) is 0.652. The maximum Gasteiger partial charge on any atom is 0.257 e. The van der Waals surface area contributed by atoms with Crippen LogP contribution in [0.1, 0.15) is 36.5 Å². The topological polar surface area (TPSA) is 108 Å². The second kappa shape index (κ2) is 10.1. The lowest BCUT2D eigenvalue weighted by Crippen LogP contribution is -2.54. The van der Waals surface area contributed by atoms with Crippen LogP contribution < -0.4 is 9.46 Å². The number of benzene rings is 1. The summed E-state index contributed by atoms with van der Waals surface area (Å²) in [6.07, 6.45) is 1.17. The van der Waals surface area contributed by atoms with Crippen LogP contribution >= 0.6 is 0 Å². The zero-order valence-electron chi connectivity index (χ0n) is 20.0. The number of ether oxygens (including phenoxy) is 2. The van der Waals surface area contributed by atoms with E-state index in [0.29, 0.717) is 36.3 Å². The molecule has 34 heavy (non-hydrogen) atoms. The van der Waals surface area contributed by atoms with Crippen molar-refractivity contribution < 1.29 is 27.5 Å². The zero-order chi connectivity index (χ0) is 24.5. The van der Waals surface area contributed by atoms with Gasteiger partial charge in [-0.05, 0) is 45.0 Å². The van der Waals surface area contributed by atoms with Gasteiger partial charge in [0.25, 0.3) is 5.91 Å². The number of nitrogens with zero attached hydrogens (tertiary/aromatic N) is 3. The minimum absolute atomic E-state index is 0.0615. The summed E-state index contributed by atoms with van der Waals surface area (Å²) in [4.78, 5) is 31.8. The summed E-state index contributed by atoms with van der Waals surface area (Å²) in [6.45, 7) is 5.03. The molecule has 1 N–H and O–H groups in total. The van der Waals surface area contributed by atoms with Crippen molar-refractivity contribution in [1.29, 1.82) is 0 Å². The lowest BCUT2D eigenvalue weighted by atomic mass is 9.94. The SMILES string of the molecule is CCS(=O)(=O)Nc1ccc2c(c1)C(=O)N(C)[C@H]1CC[C@H](CC(=O)N3CCN(C)CC3)O[C@@H]1CO2. The second-order valence-electron chi connectivity index (χ2n) is 9.27. The molecule has 1 aromatic rings. The van der Waals surface area contributed by atoms with E-state index in [2.05, 4.69) is 16.7 Å². The van der Waals surface area contributed by atoms with Gasteiger partial charge >= 0.3 is 0 Å². The maximum atomic E-state index is 13.3. The van der Waals surface area contributed by atoms with Crippen LogP contribution in [-0.4, -0.2) is 106 Å². The Morgan fingerprint density at radius 2 is 1.88 bits per heavy atom. The van der Waals surface area contributed by atoms with Crippen molar-refractivity contribution in [3.05, 3.63) is 23.8 Å². The van der Waals surface area contributed by atoms with Gasteiger partial charge in [0.2, 0.25) is 15.9 Å². The summed E-state index contributed by atoms with van der Waals surface area (Å²) in [5.74, 6) is 0.181. The third kappa shape index (κ3) is 5.47. The largest absolute Gasteiger partial charge is 0.490 e. The van der Waals surface area contributed by atoms with Crippen LogP contribution in [0.4, 0.5) is 5.69 Å². The van der Waals surface area contributed by atoms with E-state index in [4.69, 9.17) is 9.47 Å². The minimum Gasteiger partial charge on any atom is -0.490 e. The predicted octanol–water partition coefficient (Wildman–Crippen LogP) is 0.993. The Bertz CT molecular complexity index is 1020. The summed E-state index contributed by atoms with van der Waals surface area (Å²) in [6, 6.07) is 4.51. The maximum absolute atomic E-state index is 13.3. The molecule has 3 atom stereocenters. The van der Waals surface area contributed by atoms with Gasteiger partial charge in [-0.25, -0.2) is 8.42 Å². The molecule has 3 aliphatic rings. The molecule has 2 amide bonds. The van der Waals surface area contributed by atoms with Gasteiger partial charge in [-0.1, -0.05) is 0 Å². The summed E-state index contributed by atoms with van der Waals surface area (Å²) in [7, 11) is 0.328. The first-order valence-electron chi connectivity index (χ1n) is 11.8.